The van der Waals surface area contributed by atoms with E-state index in [1.54, 1.807) is 6.07 Å². The van der Waals surface area contributed by atoms with Gasteiger partial charge in [0.2, 0.25) is 5.88 Å². The zero-order valence-corrected chi connectivity index (χ0v) is 14.2. The third kappa shape index (κ3) is 3.73. The van der Waals surface area contributed by atoms with Crippen molar-refractivity contribution in [2.45, 2.75) is 20.8 Å². The molecule has 1 heterocycles. The Morgan fingerprint density at radius 2 is 1.67 bits per heavy atom. The number of rotatable bonds is 4. The summed E-state index contributed by atoms with van der Waals surface area (Å²) in [5.41, 5.74) is 1.83. The number of aryl methyl sites for hydroxylation is 2. The Balaban J connectivity index is 2.42. The first-order valence-corrected chi connectivity index (χ1v) is 7.60. The van der Waals surface area contributed by atoms with E-state index in [0.29, 0.717) is 39.1 Å². The van der Waals surface area contributed by atoms with E-state index in [0.717, 1.165) is 11.1 Å². The maximum absolute atomic E-state index is 6.16. The molecule has 2 aromatic rings. The summed E-state index contributed by atoms with van der Waals surface area (Å²) < 4.78 is 5.87. The van der Waals surface area contributed by atoms with Crippen LogP contribution in [0.5, 0.6) is 11.6 Å². The van der Waals surface area contributed by atoms with Gasteiger partial charge < -0.3 is 10.1 Å². The Kier molecular flexibility index (Phi) is 5.20. The van der Waals surface area contributed by atoms with Gasteiger partial charge in [-0.05, 0) is 50.1 Å². The molecule has 0 amide bonds. The van der Waals surface area contributed by atoms with Crippen molar-refractivity contribution in [3.63, 3.8) is 0 Å². The van der Waals surface area contributed by atoms with Crippen molar-refractivity contribution in [1.29, 1.82) is 0 Å². The van der Waals surface area contributed by atoms with Crippen LogP contribution in [0.25, 0.3) is 0 Å². The number of anilines is 1. The van der Waals surface area contributed by atoms with Crippen LogP contribution < -0.4 is 10.1 Å². The highest BCUT2D eigenvalue weighted by molar-refractivity contribution is 6.36. The van der Waals surface area contributed by atoms with Gasteiger partial charge >= 0.3 is 0 Å². The standard InChI is InChI=1S/C15H15Cl3N2O/c1-4-19-14-11(17)7-12(18)15(20-14)21-13-8(2)5-10(16)6-9(13)3/h5-7H,4H2,1-3H3,(H,19,20). The summed E-state index contributed by atoms with van der Waals surface area (Å²) in [5, 5.41) is 4.55. The van der Waals surface area contributed by atoms with E-state index in [2.05, 4.69) is 10.3 Å². The van der Waals surface area contributed by atoms with Crippen LogP contribution in [0.1, 0.15) is 18.1 Å². The monoisotopic (exact) mass is 344 g/mol. The molecule has 3 nitrogen and oxygen atoms in total. The number of hydrogen-bond donors (Lipinski definition) is 1. The van der Waals surface area contributed by atoms with Gasteiger partial charge in [0.1, 0.15) is 16.6 Å². The Morgan fingerprint density at radius 1 is 1.05 bits per heavy atom. The van der Waals surface area contributed by atoms with Gasteiger partial charge in [-0.1, -0.05) is 34.8 Å². The van der Waals surface area contributed by atoms with E-state index < -0.39 is 0 Å². The summed E-state index contributed by atoms with van der Waals surface area (Å²) in [6.07, 6.45) is 0. The second-order valence-corrected chi connectivity index (χ2v) is 5.86. The Morgan fingerprint density at radius 3 is 2.24 bits per heavy atom. The van der Waals surface area contributed by atoms with E-state index in [-0.39, 0.29) is 0 Å². The maximum Gasteiger partial charge on any atom is 0.240 e. The molecule has 0 fully saturated rings. The van der Waals surface area contributed by atoms with Crippen LogP contribution in [0, 0.1) is 13.8 Å². The van der Waals surface area contributed by atoms with Crippen LogP contribution in [0.2, 0.25) is 15.1 Å². The van der Waals surface area contributed by atoms with Crippen LogP contribution >= 0.6 is 34.8 Å². The zero-order chi connectivity index (χ0) is 15.6. The molecule has 0 atom stereocenters. The van der Waals surface area contributed by atoms with Crippen LogP contribution in [-0.4, -0.2) is 11.5 Å². The van der Waals surface area contributed by atoms with Crippen LogP contribution in [0.4, 0.5) is 5.82 Å². The third-order valence-electron chi connectivity index (χ3n) is 2.87. The highest BCUT2D eigenvalue weighted by Crippen LogP contribution is 2.36. The topological polar surface area (TPSA) is 34.2 Å². The minimum absolute atomic E-state index is 0.311. The van der Waals surface area contributed by atoms with Gasteiger partial charge in [0.15, 0.2) is 0 Å². The first-order valence-electron chi connectivity index (χ1n) is 6.47. The van der Waals surface area contributed by atoms with Crippen LogP contribution in [0.3, 0.4) is 0 Å². The van der Waals surface area contributed by atoms with Gasteiger partial charge in [-0.3, -0.25) is 0 Å². The Hall–Kier alpha value is -1.16. The molecular weight excluding hydrogens is 331 g/mol. The molecule has 2 rings (SSSR count). The minimum Gasteiger partial charge on any atom is -0.437 e. The average molecular weight is 346 g/mol. The number of ether oxygens (including phenoxy) is 1. The molecule has 0 aliphatic heterocycles. The van der Waals surface area contributed by atoms with Gasteiger partial charge in [0.05, 0.1) is 5.02 Å². The fourth-order valence-electron chi connectivity index (χ4n) is 1.97. The average Bonchev–Trinajstić information content (AvgIpc) is 2.38. The first kappa shape index (κ1) is 16.2. The zero-order valence-electron chi connectivity index (χ0n) is 11.9. The lowest BCUT2D eigenvalue weighted by molar-refractivity contribution is 0.457. The molecule has 0 radical (unpaired) electrons. The maximum atomic E-state index is 6.16. The van der Waals surface area contributed by atoms with E-state index in [4.69, 9.17) is 39.5 Å². The summed E-state index contributed by atoms with van der Waals surface area (Å²) in [4.78, 5) is 4.33. The molecular formula is C15H15Cl3N2O. The Bertz CT molecular complexity index is 651. The van der Waals surface area contributed by atoms with Crippen LogP contribution in [0.15, 0.2) is 18.2 Å². The summed E-state index contributed by atoms with van der Waals surface area (Å²) >= 11 is 18.3. The summed E-state index contributed by atoms with van der Waals surface area (Å²) in [5.74, 6) is 1.55. The second-order valence-electron chi connectivity index (χ2n) is 4.61. The number of hydrogen-bond acceptors (Lipinski definition) is 3. The highest BCUT2D eigenvalue weighted by Gasteiger charge is 2.14. The van der Waals surface area contributed by atoms with Crippen molar-refractivity contribution in [2.75, 3.05) is 11.9 Å². The summed E-state index contributed by atoms with van der Waals surface area (Å²) in [6.45, 7) is 6.50. The number of pyridine rings is 1. The molecule has 0 aliphatic rings. The van der Waals surface area contributed by atoms with Crippen molar-refractivity contribution in [1.82, 2.24) is 4.98 Å². The summed E-state index contributed by atoms with van der Waals surface area (Å²) in [6, 6.07) is 5.28. The van der Waals surface area contributed by atoms with E-state index >= 15 is 0 Å². The van der Waals surface area contributed by atoms with Gasteiger partial charge in [0.25, 0.3) is 0 Å². The number of nitrogens with one attached hydrogen (secondary N) is 1. The largest absolute Gasteiger partial charge is 0.437 e. The number of aromatic nitrogens is 1. The lowest BCUT2D eigenvalue weighted by atomic mass is 10.1. The molecule has 0 unspecified atom stereocenters. The number of halogens is 3. The van der Waals surface area contributed by atoms with Gasteiger partial charge in [-0.15, -0.1) is 0 Å². The lowest BCUT2D eigenvalue weighted by Gasteiger charge is -2.14. The lowest BCUT2D eigenvalue weighted by Crippen LogP contribution is -2.02. The number of benzene rings is 1. The second kappa shape index (κ2) is 6.73. The smallest absolute Gasteiger partial charge is 0.240 e. The number of nitrogens with zero attached hydrogens (tertiary/aromatic N) is 1. The van der Waals surface area contributed by atoms with Crippen LogP contribution in [-0.2, 0) is 0 Å². The van der Waals surface area contributed by atoms with Gasteiger partial charge in [-0.2, -0.15) is 4.98 Å². The fraction of sp³-hybridized carbons (Fsp3) is 0.267. The molecule has 0 bridgehead atoms. The summed E-state index contributed by atoms with van der Waals surface area (Å²) in [7, 11) is 0. The highest BCUT2D eigenvalue weighted by atomic mass is 35.5. The van der Waals surface area contributed by atoms with E-state index in [9.17, 15) is 0 Å². The third-order valence-corrected chi connectivity index (χ3v) is 3.64. The molecule has 1 aromatic carbocycles. The molecule has 21 heavy (non-hydrogen) atoms. The molecule has 0 saturated heterocycles. The minimum atomic E-state index is 0.311. The predicted octanol–water partition coefficient (Wildman–Crippen LogP) is 5.88. The van der Waals surface area contributed by atoms with Crippen molar-refractivity contribution in [2.24, 2.45) is 0 Å². The van der Waals surface area contributed by atoms with Gasteiger partial charge in [0, 0.05) is 11.6 Å². The van der Waals surface area contributed by atoms with Crippen molar-refractivity contribution in [3.8, 4) is 11.6 Å². The molecule has 0 saturated carbocycles. The molecule has 0 spiro atoms. The SMILES string of the molecule is CCNc1nc(Oc2c(C)cc(Cl)cc2C)c(Cl)cc1Cl. The quantitative estimate of drug-likeness (QED) is 0.751. The molecule has 1 N–H and O–H groups in total. The van der Waals surface area contributed by atoms with E-state index in [1.165, 1.54) is 0 Å². The van der Waals surface area contributed by atoms with Crippen molar-refractivity contribution >= 4 is 40.6 Å². The molecule has 6 heteroatoms. The first-order chi connectivity index (χ1) is 9.92. The van der Waals surface area contributed by atoms with Crippen molar-refractivity contribution < 1.29 is 4.74 Å². The molecule has 1 aromatic heterocycles. The fourth-order valence-corrected chi connectivity index (χ4v) is 2.76. The predicted molar refractivity (Wildman–Crippen MR) is 89.4 cm³/mol. The molecule has 0 aliphatic carbocycles. The van der Waals surface area contributed by atoms with E-state index in [1.807, 2.05) is 32.9 Å². The van der Waals surface area contributed by atoms with Gasteiger partial charge in [-0.25, -0.2) is 0 Å². The molecule has 112 valence electrons. The normalized spacial score (nSPS) is 10.6. The van der Waals surface area contributed by atoms with Crippen molar-refractivity contribution in [3.05, 3.63) is 44.4 Å². The Labute approximate surface area is 139 Å².